The Morgan fingerprint density at radius 1 is 1.25 bits per heavy atom. The molecule has 1 atom stereocenters. The van der Waals surface area contributed by atoms with E-state index in [1.54, 1.807) is 7.05 Å². The normalized spacial score (nSPS) is 21.7. The summed E-state index contributed by atoms with van der Waals surface area (Å²) in [4.78, 5) is 40.2. The van der Waals surface area contributed by atoms with E-state index in [0.29, 0.717) is 25.3 Å². The number of nitrogens with zero attached hydrogens (tertiary/aromatic N) is 2. The molecule has 1 aliphatic heterocycles. The first-order valence-corrected chi connectivity index (χ1v) is 8.91. The van der Waals surface area contributed by atoms with E-state index >= 15 is 0 Å². The zero-order valence-electron chi connectivity index (χ0n) is 15.0. The number of hydrogen-bond acceptors (Lipinski definition) is 4. The molecule has 1 unspecified atom stereocenters. The van der Waals surface area contributed by atoms with E-state index < -0.39 is 5.54 Å². The lowest BCUT2D eigenvalue weighted by Gasteiger charge is -2.35. The minimum atomic E-state index is -0.735. The van der Waals surface area contributed by atoms with Crippen LogP contribution in [0.25, 0.3) is 0 Å². The molecule has 1 heterocycles. The Labute approximate surface area is 143 Å². The van der Waals surface area contributed by atoms with Crippen molar-refractivity contribution in [1.82, 2.24) is 15.1 Å². The second kappa shape index (κ2) is 7.51. The minimum absolute atomic E-state index is 0.133. The maximum atomic E-state index is 12.8. The van der Waals surface area contributed by atoms with Crippen molar-refractivity contribution in [3.8, 4) is 0 Å². The number of carbonyl (C=O) groups is 3. The zero-order chi connectivity index (χ0) is 17.9. The predicted molar refractivity (Wildman–Crippen MR) is 91.1 cm³/mol. The van der Waals surface area contributed by atoms with Crippen LogP contribution in [0.2, 0.25) is 0 Å². The molecule has 0 aromatic rings. The summed E-state index contributed by atoms with van der Waals surface area (Å²) in [5, 5.41) is 2.84. The molecule has 0 aromatic heterocycles. The number of urea groups is 1. The van der Waals surface area contributed by atoms with Crippen molar-refractivity contribution in [2.45, 2.75) is 64.0 Å². The summed E-state index contributed by atoms with van der Waals surface area (Å²) in [5.41, 5.74) is 4.96. The average molecular weight is 338 g/mol. The maximum absolute atomic E-state index is 12.8. The van der Waals surface area contributed by atoms with Gasteiger partial charge in [0.1, 0.15) is 12.1 Å². The Morgan fingerprint density at radius 2 is 1.88 bits per heavy atom. The fraction of sp³-hybridized carbons (Fsp3) is 0.824. The first-order valence-electron chi connectivity index (χ1n) is 8.91. The van der Waals surface area contributed by atoms with E-state index in [1.165, 1.54) is 4.90 Å². The van der Waals surface area contributed by atoms with E-state index in [2.05, 4.69) is 19.2 Å². The van der Waals surface area contributed by atoms with Crippen molar-refractivity contribution in [3.05, 3.63) is 0 Å². The number of hydrogen-bond donors (Lipinski definition) is 2. The van der Waals surface area contributed by atoms with E-state index in [9.17, 15) is 14.4 Å². The van der Waals surface area contributed by atoms with Crippen molar-refractivity contribution in [2.24, 2.45) is 11.7 Å². The number of nitrogens with one attached hydrogen (secondary N) is 1. The van der Waals surface area contributed by atoms with Gasteiger partial charge in [-0.25, -0.2) is 4.79 Å². The molecule has 2 aliphatic rings. The summed E-state index contributed by atoms with van der Waals surface area (Å²) in [5.74, 6) is -0.141. The van der Waals surface area contributed by atoms with Crippen molar-refractivity contribution < 1.29 is 14.4 Å². The van der Waals surface area contributed by atoms with Crippen molar-refractivity contribution >= 4 is 17.8 Å². The highest BCUT2D eigenvalue weighted by molar-refractivity contribution is 6.08. The van der Waals surface area contributed by atoms with Gasteiger partial charge in [0.25, 0.3) is 5.91 Å². The first kappa shape index (κ1) is 18.7. The molecule has 7 nitrogen and oxygen atoms in total. The highest BCUT2D eigenvalue weighted by atomic mass is 16.2. The lowest BCUT2D eigenvalue weighted by Crippen LogP contribution is -2.50. The van der Waals surface area contributed by atoms with Gasteiger partial charge < -0.3 is 16.0 Å². The van der Waals surface area contributed by atoms with Gasteiger partial charge in [-0.05, 0) is 25.2 Å². The van der Waals surface area contributed by atoms with Gasteiger partial charge in [-0.3, -0.25) is 14.5 Å². The molecule has 136 valence electrons. The summed E-state index contributed by atoms with van der Waals surface area (Å²) in [6.45, 7) is 4.24. The third-order valence-corrected chi connectivity index (χ3v) is 5.19. The van der Waals surface area contributed by atoms with Crippen LogP contribution in [0.5, 0.6) is 0 Å². The molecule has 2 rings (SSSR count). The average Bonchev–Trinajstić information content (AvgIpc) is 2.71. The fourth-order valence-electron chi connectivity index (χ4n) is 3.87. The lowest BCUT2D eigenvalue weighted by molar-refractivity contribution is -0.137. The summed E-state index contributed by atoms with van der Waals surface area (Å²) in [7, 11) is 1.67. The van der Waals surface area contributed by atoms with E-state index in [-0.39, 0.29) is 30.4 Å². The van der Waals surface area contributed by atoms with Crippen LogP contribution < -0.4 is 11.1 Å². The Balaban J connectivity index is 2.02. The molecule has 0 bridgehead atoms. The number of rotatable bonds is 6. The Kier molecular flexibility index (Phi) is 5.85. The summed E-state index contributed by atoms with van der Waals surface area (Å²) in [6, 6.07) is -0.503. The van der Waals surface area contributed by atoms with Gasteiger partial charge >= 0.3 is 6.03 Å². The SMILES string of the molecule is CC(C)CC(CN)NC(=O)CN1C(=O)N(C)C2(CCCCC2)C1=O. The van der Waals surface area contributed by atoms with E-state index in [4.69, 9.17) is 5.73 Å². The van der Waals surface area contributed by atoms with Gasteiger partial charge in [-0.15, -0.1) is 0 Å². The second-order valence-electron chi connectivity index (χ2n) is 7.45. The largest absolute Gasteiger partial charge is 0.351 e. The van der Waals surface area contributed by atoms with Crippen molar-refractivity contribution in [3.63, 3.8) is 0 Å². The van der Waals surface area contributed by atoms with Gasteiger partial charge in [-0.1, -0.05) is 33.1 Å². The first-order chi connectivity index (χ1) is 11.3. The van der Waals surface area contributed by atoms with Crippen LogP contribution in [0.4, 0.5) is 4.79 Å². The van der Waals surface area contributed by atoms with E-state index in [1.807, 2.05) is 0 Å². The predicted octanol–water partition coefficient (Wildman–Crippen LogP) is 1.07. The van der Waals surface area contributed by atoms with Crippen LogP contribution >= 0.6 is 0 Å². The van der Waals surface area contributed by atoms with Crippen molar-refractivity contribution in [2.75, 3.05) is 20.1 Å². The Bertz CT molecular complexity index is 500. The third kappa shape index (κ3) is 3.55. The molecule has 3 N–H and O–H groups in total. The van der Waals surface area contributed by atoms with Gasteiger partial charge in [0, 0.05) is 19.6 Å². The van der Waals surface area contributed by atoms with Crippen molar-refractivity contribution in [1.29, 1.82) is 0 Å². The molecule has 2 fully saturated rings. The smallest absolute Gasteiger partial charge is 0.327 e. The van der Waals surface area contributed by atoms with Gasteiger partial charge in [-0.2, -0.15) is 0 Å². The minimum Gasteiger partial charge on any atom is -0.351 e. The molecule has 1 spiro atoms. The van der Waals surface area contributed by atoms with Crippen LogP contribution in [-0.2, 0) is 9.59 Å². The van der Waals surface area contributed by atoms with Crippen LogP contribution in [0.15, 0.2) is 0 Å². The Morgan fingerprint density at radius 3 is 2.42 bits per heavy atom. The van der Waals surface area contributed by atoms with E-state index in [0.717, 1.165) is 30.6 Å². The van der Waals surface area contributed by atoms with Gasteiger partial charge in [0.15, 0.2) is 0 Å². The van der Waals surface area contributed by atoms with Crippen LogP contribution in [0.3, 0.4) is 0 Å². The number of carbonyl (C=O) groups excluding carboxylic acids is 3. The lowest BCUT2D eigenvalue weighted by atomic mass is 9.81. The standard InChI is InChI=1S/C17H30N4O3/c1-12(2)9-13(10-18)19-14(22)11-21-15(23)17(20(3)16(21)24)7-5-4-6-8-17/h12-13H,4-11,18H2,1-3H3,(H,19,22). The second-order valence-corrected chi connectivity index (χ2v) is 7.45. The Hall–Kier alpha value is -1.63. The number of likely N-dealkylation sites (N-methyl/N-ethyl adjacent to an activating group) is 1. The fourth-order valence-corrected chi connectivity index (χ4v) is 3.87. The molecule has 0 aromatic carbocycles. The number of nitrogens with two attached hydrogens (primary N) is 1. The third-order valence-electron chi connectivity index (χ3n) is 5.19. The van der Waals surface area contributed by atoms with Crippen LogP contribution in [-0.4, -0.2) is 59.4 Å². The summed E-state index contributed by atoms with van der Waals surface area (Å²) >= 11 is 0. The molecule has 1 saturated heterocycles. The molecule has 4 amide bonds. The summed E-state index contributed by atoms with van der Waals surface area (Å²) in [6.07, 6.45) is 5.11. The quantitative estimate of drug-likeness (QED) is 0.708. The molecule has 24 heavy (non-hydrogen) atoms. The molecular formula is C17H30N4O3. The van der Waals surface area contributed by atoms with Gasteiger partial charge in [0.05, 0.1) is 0 Å². The molecule has 7 heteroatoms. The zero-order valence-corrected chi connectivity index (χ0v) is 15.0. The van der Waals surface area contributed by atoms with Crippen LogP contribution in [0, 0.1) is 5.92 Å². The number of imide groups is 1. The molecule has 1 aliphatic carbocycles. The van der Waals surface area contributed by atoms with Gasteiger partial charge in [0.2, 0.25) is 5.91 Å². The number of amides is 4. The summed E-state index contributed by atoms with van der Waals surface area (Å²) < 4.78 is 0. The molecule has 0 radical (unpaired) electrons. The monoisotopic (exact) mass is 338 g/mol. The topological polar surface area (TPSA) is 95.7 Å². The highest BCUT2D eigenvalue weighted by Gasteiger charge is 2.55. The highest BCUT2D eigenvalue weighted by Crippen LogP contribution is 2.39. The van der Waals surface area contributed by atoms with Crippen LogP contribution in [0.1, 0.15) is 52.4 Å². The maximum Gasteiger partial charge on any atom is 0.327 e. The molecular weight excluding hydrogens is 308 g/mol. The molecule has 1 saturated carbocycles.